The van der Waals surface area contributed by atoms with E-state index in [2.05, 4.69) is 20.8 Å². The number of Topliss-reactive ketones (excluding diaryl/α,β-unsaturated/α-hetero) is 1. The second-order valence-corrected chi connectivity index (χ2v) is 5.30. The lowest BCUT2D eigenvalue weighted by atomic mass is 9.62. The molecule has 0 amide bonds. The Kier molecular flexibility index (Phi) is 2.45. The Hall–Kier alpha value is -0.330. The topological polar surface area (TPSA) is 17.1 Å². The van der Waals surface area contributed by atoms with Gasteiger partial charge in [0.05, 0.1) is 0 Å². The van der Waals surface area contributed by atoms with Gasteiger partial charge in [0.15, 0.2) is 0 Å². The van der Waals surface area contributed by atoms with E-state index in [1.807, 2.05) is 0 Å². The molecule has 0 heterocycles. The van der Waals surface area contributed by atoms with Gasteiger partial charge in [-0.3, -0.25) is 4.79 Å². The Labute approximate surface area is 87.3 Å². The molecule has 0 aliphatic heterocycles. The monoisotopic (exact) mass is 194 g/mol. The van der Waals surface area contributed by atoms with E-state index in [1.54, 1.807) is 0 Å². The van der Waals surface area contributed by atoms with Crippen molar-refractivity contribution < 1.29 is 4.79 Å². The maximum absolute atomic E-state index is 12.2. The maximum Gasteiger partial charge on any atom is 0.139 e. The van der Waals surface area contributed by atoms with Crippen molar-refractivity contribution in [3.63, 3.8) is 0 Å². The van der Waals surface area contributed by atoms with Crippen molar-refractivity contribution in [3.8, 4) is 0 Å². The summed E-state index contributed by atoms with van der Waals surface area (Å²) < 4.78 is 0. The maximum atomic E-state index is 12.2. The van der Waals surface area contributed by atoms with Crippen molar-refractivity contribution >= 4 is 5.78 Å². The zero-order chi connectivity index (χ0) is 10.3. The predicted octanol–water partition coefficient (Wildman–Crippen LogP) is 3.43. The highest BCUT2D eigenvalue weighted by Gasteiger charge is 2.55. The van der Waals surface area contributed by atoms with Gasteiger partial charge in [-0.15, -0.1) is 0 Å². The fourth-order valence-corrected chi connectivity index (χ4v) is 4.08. The van der Waals surface area contributed by atoms with Crippen molar-refractivity contribution in [2.24, 2.45) is 23.2 Å². The molecular formula is C13H22O. The molecule has 0 radical (unpaired) electrons. The molecular weight excluding hydrogens is 172 g/mol. The van der Waals surface area contributed by atoms with Crippen LogP contribution in [0.5, 0.6) is 0 Å². The molecule has 2 aliphatic carbocycles. The van der Waals surface area contributed by atoms with Crippen LogP contribution in [0.2, 0.25) is 0 Å². The summed E-state index contributed by atoms with van der Waals surface area (Å²) in [6, 6.07) is 0. The van der Waals surface area contributed by atoms with Crippen molar-refractivity contribution in [1.82, 2.24) is 0 Å². The molecule has 1 nitrogen and oxygen atoms in total. The normalized spacial score (nSPS) is 47.1. The van der Waals surface area contributed by atoms with Crippen molar-refractivity contribution in [3.05, 3.63) is 0 Å². The zero-order valence-corrected chi connectivity index (χ0v) is 9.68. The fraction of sp³-hybridized carbons (Fsp3) is 0.923. The van der Waals surface area contributed by atoms with E-state index in [-0.39, 0.29) is 5.41 Å². The van der Waals surface area contributed by atoms with Crippen LogP contribution >= 0.6 is 0 Å². The third kappa shape index (κ3) is 1.11. The van der Waals surface area contributed by atoms with E-state index in [0.717, 1.165) is 18.8 Å². The van der Waals surface area contributed by atoms with Crippen molar-refractivity contribution in [2.75, 3.05) is 0 Å². The summed E-state index contributed by atoms with van der Waals surface area (Å²) in [5.41, 5.74) is 0.0936. The summed E-state index contributed by atoms with van der Waals surface area (Å²) in [4.78, 5) is 12.2. The van der Waals surface area contributed by atoms with Crippen LogP contribution in [0.15, 0.2) is 0 Å². The van der Waals surface area contributed by atoms with Crippen LogP contribution in [0.25, 0.3) is 0 Å². The predicted molar refractivity (Wildman–Crippen MR) is 58.0 cm³/mol. The van der Waals surface area contributed by atoms with E-state index in [4.69, 9.17) is 0 Å². The standard InChI is InChI=1S/C13H22O/c1-4-10-8-12(14)13(5-2)7-6-11(10)9(13)3/h9-11H,4-8H2,1-3H3. The smallest absolute Gasteiger partial charge is 0.139 e. The van der Waals surface area contributed by atoms with Gasteiger partial charge >= 0.3 is 0 Å². The first-order chi connectivity index (χ1) is 6.65. The highest BCUT2D eigenvalue weighted by molar-refractivity contribution is 5.86. The third-order valence-corrected chi connectivity index (χ3v) is 5.20. The van der Waals surface area contributed by atoms with Gasteiger partial charge in [0, 0.05) is 11.8 Å². The average molecular weight is 194 g/mol. The molecule has 0 aromatic rings. The summed E-state index contributed by atoms with van der Waals surface area (Å²) in [6.45, 7) is 6.76. The Morgan fingerprint density at radius 3 is 2.71 bits per heavy atom. The average Bonchev–Trinajstić information content (AvgIpc) is 2.44. The van der Waals surface area contributed by atoms with Gasteiger partial charge in [0.1, 0.15) is 5.78 Å². The van der Waals surface area contributed by atoms with Crippen molar-refractivity contribution in [2.45, 2.75) is 52.9 Å². The molecule has 2 bridgehead atoms. The number of hydrogen-bond acceptors (Lipinski definition) is 1. The number of fused-ring (bicyclic) bond motifs is 2. The molecule has 1 heteroatoms. The van der Waals surface area contributed by atoms with E-state index in [1.165, 1.54) is 19.3 Å². The minimum absolute atomic E-state index is 0.0936. The molecule has 2 aliphatic rings. The molecule has 80 valence electrons. The van der Waals surface area contributed by atoms with Crippen LogP contribution in [0, 0.1) is 23.2 Å². The zero-order valence-electron chi connectivity index (χ0n) is 9.68. The number of hydrogen-bond donors (Lipinski definition) is 0. The van der Waals surface area contributed by atoms with Crippen LogP contribution in [-0.4, -0.2) is 5.78 Å². The Morgan fingerprint density at radius 2 is 2.14 bits per heavy atom. The lowest BCUT2D eigenvalue weighted by molar-refractivity contribution is -0.136. The van der Waals surface area contributed by atoms with E-state index in [0.29, 0.717) is 17.6 Å². The van der Waals surface area contributed by atoms with Gasteiger partial charge in [0.2, 0.25) is 0 Å². The second kappa shape index (κ2) is 3.36. The van der Waals surface area contributed by atoms with Gasteiger partial charge in [-0.1, -0.05) is 27.2 Å². The summed E-state index contributed by atoms with van der Waals surface area (Å²) in [5.74, 6) is 2.77. The quantitative estimate of drug-likeness (QED) is 0.658. The lowest BCUT2D eigenvalue weighted by Crippen LogP contribution is -2.42. The van der Waals surface area contributed by atoms with Gasteiger partial charge in [-0.25, -0.2) is 0 Å². The van der Waals surface area contributed by atoms with Crippen molar-refractivity contribution in [1.29, 1.82) is 0 Å². The molecule has 0 aromatic carbocycles. The Balaban J connectivity index is 2.29. The first-order valence-electron chi connectivity index (χ1n) is 6.19. The summed E-state index contributed by atoms with van der Waals surface area (Å²) in [7, 11) is 0. The molecule has 4 unspecified atom stereocenters. The highest BCUT2D eigenvalue weighted by Crippen LogP contribution is 2.57. The molecule has 0 N–H and O–H groups in total. The van der Waals surface area contributed by atoms with E-state index >= 15 is 0 Å². The molecule has 4 atom stereocenters. The lowest BCUT2D eigenvalue weighted by Gasteiger charge is -2.41. The second-order valence-electron chi connectivity index (χ2n) is 5.30. The largest absolute Gasteiger partial charge is 0.299 e. The third-order valence-electron chi connectivity index (χ3n) is 5.20. The number of ketones is 1. The molecule has 2 saturated carbocycles. The number of carbonyl (C=O) groups is 1. The molecule has 0 saturated heterocycles. The molecule has 0 aromatic heterocycles. The van der Waals surface area contributed by atoms with E-state index in [9.17, 15) is 4.79 Å². The summed E-state index contributed by atoms with van der Waals surface area (Å²) >= 11 is 0. The molecule has 0 spiro atoms. The number of carbonyl (C=O) groups excluding carboxylic acids is 1. The van der Waals surface area contributed by atoms with Gasteiger partial charge < -0.3 is 0 Å². The first kappa shape index (κ1) is 10.2. The molecule has 2 fully saturated rings. The van der Waals surface area contributed by atoms with E-state index < -0.39 is 0 Å². The van der Waals surface area contributed by atoms with Gasteiger partial charge in [0.25, 0.3) is 0 Å². The fourth-order valence-electron chi connectivity index (χ4n) is 4.08. The first-order valence-corrected chi connectivity index (χ1v) is 6.19. The minimum Gasteiger partial charge on any atom is -0.299 e. The SMILES string of the molecule is CCC1CC(=O)C2(CC)CCC1C2C. The minimum atomic E-state index is 0.0936. The van der Waals surface area contributed by atoms with Crippen LogP contribution in [0.4, 0.5) is 0 Å². The van der Waals surface area contributed by atoms with Gasteiger partial charge in [-0.2, -0.15) is 0 Å². The molecule has 2 rings (SSSR count). The van der Waals surface area contributed by atoms with Crippen LogP contribution in [-0.2, 0) is 4.79 Å². The highest BCUT2D eigenvalue weighted by atomic mass is 16.1. The van der Waals surface area contributed by atoms with Gasteiger partial charge in [-0.05, 0) is 37.0 Å². The summed E-state index contributed by atoms with van der Waals surface area (Å²) in [5, 5.41) is 0. The van der Waals surface area contributed by atoms with Crippen LogP contribution in [0.3, 0.4) is 0 Å². The van der Waals surface area contributed by atoms with Crippen LogP contribution < -0.4 is 0 Å². The Bertz CT molecular complexity index is 246. The number of rotatable bonds is 2. The van der Waals surface area contributed by atoms with Crippen LogP contribution in [0.1, 0.15) is 52.9 Å². The Morgan fingerprint density at radius 1 is 1.43 bits per heavy atom. The molecule has 14 heavy (non-hydrogen) atoms. The summed E-state index contributed by atoms with van der Waals surface area (Å²) in [6.07, 6.45) is 5.61.